The van der Waals surface area contributed by atoms with E-state index >= 15 is 0 Å². The molecule has 17 heavy (non-hydrogen) atoms. The fourth-order valence-electron chi connectivity index (χ4n) is 1.12. The van der Waals surface area contributed by atoms with Gasteiger partial charge in [-0.2, -0.15) is 0 Å². The van der Waals surface area contributed by atoms with Crippen molar-refractivity contribution in [3.8, 4) is 0 Å². The van der Waals surface area contributed by atoms with Crippen LogP contribution in [0.25, 0.3) is 0 Å². The van der Waals surface area contributed by atoms with Gasteiger partial charge in [0.2, 0.25) is 0 Å². The van der Waals surface area contributed by atoms with Crippen LogP contribution in [0.5, 0.6) is 0 Å². The minimum atomic E-state index is -0.221. The normalized spacial score (nSPS) is 10.6. The second kappa shape index (κ2) is 13.8. The van der Waals surface area contributed by atoms with Crippen LogP contribution in [0.15, 0.2) is 0 Å². The van der Waals surface area contributed by atoms with E-state index in [-0.39, 0.29) is 15.3 Å². The third-order valence-electron chi connectivity index (χ3n) is 2.75. The van der Waals surface area contributed by atoms with E-state index in [1.54, 1.807) is 0 Å². The second-order valence-electron chi connectivity index (χ2n) is 6.12. The molecule has 0 radical (unpaired) electrons. The van der Waals surface area contributed by atoms with Crippen LogP contribution in [-0.4, -0.2) is 17.0 Å². The van der Waals surface area contributed by atoms with Crippen LogP contribution in [0, 0.1) is 7.43 Å². The number of rotatable bonds is 1. The summed E-state index contributed by atoms with van der Waals surface area (Å²) in [5.74, 6) is 0. The van der Waals surface area contributed by atoms with Gasteiger partial charge in [-0.05, 0) is 41.5 Å². The van der Waals surface area contributed by atoms with E-state index in [0.717, 1.165) is 0 Å². The monoisotopic (exact) mass is 375 g/mol. The third kappa shape index (κ3) is 19.9. The molecule has 0 heterocycles. The summed E-state index contributed by atoms with van der Waals surface area (Å²) in [5, 5.41) is 1.09. The maximum atomic E-state index is 4.49. The van der Waals surface area contributed by atoms with Gasteiger partial charge in [-0.25, -0.2) is 0 Å². The summed E-state index contributed by atoms with van der Waals surface area (Å²) >= 11 is 2.22. The van der Waals surface area contributed by atoms with E-state index in [4.69, 9.17) is 0 Å². The average molecular weight is 376 g/mol. The topological polar surface area (TPSA) is 0 Å². The molecular formula is C14H35ClPPd+. The zero-order valence-electron chi connectivity index (χ0n) is 13.6. The Hall–Kier alpha value is 1.38. The molecule has 0 amide bonds. The van der Waals surface area contributed by atoms with Crippen molar-refractivity contribution in [1.82, 2.24) is 0 Å². The second-order valence-corrected chi connectivity index (χ2v) is 10.4. The Kier molecular flexibility index (Phi) is 21.8. The first kappa shape index (κ1) is 26.9. The molecule has 0 aromatic rings. The summed E-state index contributed by atoms with van der Waals surface area (Å²) in [6.45, 7) is 20.9. The first-order valence-corrected chi connectivity index (χ1v) is 10.0. The van der Waals surface area contributed by atoms with Crippen LogP contribution >= 0.6 is 17.5 Å². The summed E-state index contributed by atoms with van der Waals surface area (Å²) in [7, 11) is 4.27. The summed E-state index contributed by atoms with van der Waals surface area (Å²) in [4.78, 5) is 0. The van der Waals surface area contributed by atoms with Crippen molar-refractivity contribution in [3.05, 3.63) is 7.43 Å². The number of unbranched alkanes of at least 4 members (excludes halogenated alkanes) is 1. The van der Waals surface area contributed by atoms with Gasteiger partial charge < -0.3 is 7.43 Å². The number of hydrogen-bond acceptors (Lipinski definition) is 0. The van der Waals surface area contributed by atoms with Gasteiger partial charge in [0.25, 0.3) is 0 Å². The Bertz CT molecular complexity index is 120. The molecular weight excluding hydrogens is 341 g/mol. The van der Waals surface area contributed by atoms with Crippen molar-refractivity contribution in [1.29, 1.82) is 0 Å². The molecule has 0 bridgehead atoms. The Labute approximate surface area is 128 Å². The van der Waals surface area contributed by atoms with Crippen molar-refractivity contribution < 1.29 is 18.2 Å². The Morgan fingerprint density at radius 3 is 1.00 bits per heavy atom. The molecule has 0 aromatic heterocycles. The molecule has 0 atom stereocenters. The van der Waals surface area contributed by atoms with E-state index in [9.17, 15) is 0 Å². The SMILES string of the molecule is CCCC.C[PH+](C(C)(C)C)C(C)(C)C.[CH3-].[Cl][Pd+]. The Morgan fingerprint density at radius 1 is 0.824 bits per heavy atom. The first-order chi connectivity index (χ1) is 7.07. The van der Waals surface area contributed by atoms with E-state index in [1.165, 1.54) is 12.8 Å². The zero-order chi connectivity index (χ0) is 14.0. The standard InChI is InChI=1S/C9H21P.C4H10.CH3.ClH.Pd/c1-8(2,3)10(7)9(4,5)6;1-3-4-2;;;/h1-7H3;3-4H2,1-2H3;1H3;1H;/q;;-1;;+2. The van der Waals surface area contributed by atoms with Crippen molar-refractivity contribution in [2.45, 2.75) is 78.5 Å². The zero-order valence-corrected chi connectivity index (χ0v) is 16.9. The van der Waals surface area contributed by atoms with E-state index < -0.39 is 0 Å². The van der Waals surface area contributed by atoms with Crippen LogP contribution in [0.1, 0.15) is 68.2 Å². The summed E-state index contributed by atoms with van der Waals surface area (Å²) in [5.41, 5.74) is 0. The molecule has 0 aliphatic rings. The van der Waals surface area contributed by atoms with Crippen LogP contribution in [0.2, 0.25) is 0 Å². The van der Waals surface area contributed by atoms with E-state index in [2.05, 4.69) is 89.8 Å². The maximum absolute atomic E-state index is 4.49. The minimum absolute atomic E-state index is 0. The third-order valence-corrected chi connectivity index (χ3v) is 7.25. The summed E-state index contributed by atoms with van der Waals surface area (Å²) < 4.78 is 0. The molecule has 3 heteroatoms. The molecule has 0 rings (SSSR count). The summed E-state index contributed by atoms with van der Waals surface area (Å²) in [6.07, 6.45) is 2.64. The molecule has 0 nitrogen and oxygen atoms in total. The molecule has 0 fully saturated rings. The van der Waals surface area contributed by atoms with E-state index in [0.29, 0.717) is 10.3 Å². The van der Waals surface area contributed by atoms with Gasteiger partial charge in [0.15, 0.2) is 0 Å². The average Bonchev–Trinajstić information content (AvgIpc) is 2.17. The van der Waals surface area contributed by atoms with Gasteiger partial charge in [0.1, 0.15) is 0 Å². The Balaban J connectivity index is -0.000000103. The molecule has 0 saturated carbocycles. The van der Waals surface area contributed by atoms with Crippen LogP contribution in [-0.2, 0) is 18.2 Å². The van der Waals surface area contributed by atoms with Gasteiger partial charge in [0.05, 0.1) is 10.3 Å². The summed E-state index contributed by atoms with van der Waals surface area (Å²) in [6, 6.07) is 0. The molecule has 112 valence electrons. The van der Waals surface area contributed by atoms with Gasteiger partial charge in [-0.1, -0.05) is 26.7 Å². The molecule has 0 N–H and O–H groups in total. The molecule has 0 aliphatic carbocycles. The van der Waals surface area contributed by atoms with Gasteiger partial charge in [0, 0.05) is 14.6 Å². The predicted octanol–water partition coefficient (Wildman–Crippen LogP) is 6.37. The van der Waals surface area contributed by atoms with Crippen molar-refractivity contribution in [2.24, 2.45) is 0 Å². The molecule has 0 saturated heterocycles. The Morgan fingerprint density at radius 2 is 1.00 bits per heavy atom. The predicted molar refractivity (Wildman–Crippen MR) is 86.6 cm³/mol. The van der Waals surface area contributed by atoms with E-state index in [1.807, 2.05) is 0 Å². The fourth-order valence-corrected chi connectivity index (χ4v) is 3.38. The quantitative estimate of drug-likeness (QED) is 0.283. The molecule has 0 unspecified atom stereocenters. The molecule has 0 spiro atoms. The van der Waals surface area contributed by atoms with Gasteiger partial charge >= 0.3 is 27.7 Å². The van der Waals surface area contributed by atoms with Crippen molar-refractivity contribution in [2.75, 3.05) is 6.66 Å². The molecule has 0 aromatic carbocycles. The van der Waals surface area contributed by atoms with Crippen LogP contribution in [0.4, 0.5) is 0 Å². The van der Waals surface area contributed by atoms with Gasteiger partial charge in [-0.15, -0.1) is 0 Å². The fraction of sp³-hybridized carbons (Fsp3) is 0.929. The molecule has 0 aliphatic heterocycles. The van der Waals surface area contributed by atoms with Crippen LogP contribution < -0.4 is 0 Å². The van der Waals surface area contributed by atoms with Crippen molar-refractivity contribution >= 4 is 17.5 Å². The number of halogens is 1. The van der Waals surface area contributed by atoms with Gasteiger partial charge in [-0.3, -0.25) is 0 Å². The van der Waals surface area contributed by atoms with Crippen LogP contribution in [0.3, 0.4) is 0 Å². The number of hydrogen-bond donors (Lipinski definition) is 0. The van der Waals surface area contributed by atoms with Crippen molar-refractivity contribution in [3.63, 3.8) is 0 Å². The first-order valence-electron chi connectivity index (χ1n) is 6.03.